The topological polar surface area (TPSA) is 94.5 Å². The first-order valence-electron chi connectivity index (χ1n) is 10.5. The van der Waals surface area contributed by atoms with E-state index in [1.807, 2.05) is 52.0 Å². The molecule has 0 aliphatic carbocycles. The summed E-state index contributed by atoms with van der Waals surface area (Å²) >= 11 is 6.24. The number of rotatable bonds is 8. The third-order valence-corrected chi connectivity index (χ3v) is 5.43. The number of aryl methyl sites for hydroxylation is 2. The normalized spacial score (nSPS) is 10.6. The van der Waals surface area contributed by atoms with Gasteiger partial charge in [0, 0.05) is 16.3 Å². The molecule has 2 amide bonds. The van der Waals surface area contributed by atoms with Crippen molar-refractivity contribution in [2.75, 3.05) is 13.2 Å². The first kappa shape index (κ1) is 24.1. The van der Waals surface area contributed by atoms with Gasteiger partial charge in [0.05, 0.1) is 24.4 Å². The summed E-state index contributed by atoms with van der Waals surface area (Å²) in [7, 11) is 0. The van der Waals surface area contributed by atoms with Crippen molar-refractivity contribution in [3.8, 4) is 17.2 Å². The van der Waals surface area contributed by atoms with Crippen molar-refractivity contribution in [2.24, 2.45) is 0 Å². The summed E-state index contributed by atoms with van der Waals surface area (Å²) in [4.78, 5) is 24.5. The van der Waals surface area contributed by atoms with Crippen LogP contribution in [0.25, 0.3) is 5.69 Å². The van der Waals surface area contributed by atoms with Crippen molar-refractivity contribution in [3.05, 3.63) is 70.0 Å². The number of ether oxygens (including phenoxy) is 2. The molecule has 3 rings (SSSR count). The van der Waals surface area contributed by atoms with Gasteiger partial charge in [0.2, 0.25) is 5.91 Å². The summed E-state index contributed by atoms with van der Waals surface area (Å²) in [5, 5.41) is 5.19. The number of benzene rings is 2. The van der Waals surface area contributed by atoms with Gasteiger partial charge in [-0.25, -0.2) is 4.68 Å². The minimum absolute atomic E-state index is 0.0611. The number of hydrogen-bond acceptors (Lipinski definition) is 5. The second-order valence-electron chi connectivity index (χ2n) is 7.44. The van der Waals surface area contributed by atoms with Gasteiger partial charge in [-0.05, 0) is 57.5 Å². The monoisotopic (exact) mass is 470 g/mol. The molecule has 2 N–H and O–H groups in total. The van der Waals surface area contributed by atoms with Gasteiger partial charge in [0.15, 0.2) is 18.1 Å². The molecule has 0 saturated carbocycles. The van der Waals surface area contributed by atoms with E-state index in [1.165, 1.54) is 0 Å². The number of amides is 2. The maximum absolute atomic E-state index is 12.4. The molecule has 3 aromatic rings. The van der Waals surface area contributed by atoms with E-state index < -0.39 is 5.91 Å². The van der Waals surface area contributed by atoms with Gasteiger partial charge in [-0.15, -0.1) is 0 Å². The van der Waals surface area contributed by atoms with Crippen LogP contribution < -0.4 is 20.3 Å². The molecule has 2 aromatic carbocycles. The standard InChI is InChI=1S/C24H27ClN4O4/c1-5-32-21-8-6-7-9-22(21)33-14-24(31)27-26-23(30)13-19-16(3)28-29(17(19)4)18-11-10-15(2)20(25)12-18/h6-12H,5,13-14H2,1-4H3,(H,26,30)(H,27,31). The lowest BCUT2D eigenvalue weighted by molar-refractivity contribution is -0.129. The molecule has 0 unspecified atom stereocenters. The summed E-state index contributed by atoms with van der Waals surface area (Å²) in [5.41, 5.74) is 8.90. The maximum Gasteiger partial charge on any atom is 0.276 e. The van der Waals surface area contributed by atoms with Crippen LogP contribution in [0.3, 0.4) is 0 Å². The van der Waals surface area contributed by atoms with Crippen LogP contribution in [0.2, 0.25) is 5.02 Å². The highest BCUT2D eigenvalue weighted by molar-refractivity contribution is 6.31. The first-order chi connectivity index (χ1) is 15.8. The average Bonchev–Trinajstić information content (AvgIpc) is 3.07. The summed E-state index contributed by atoms with van der Waals surface area (Å²) < 4.78 is 12.7. The van der Waals surface area contributed by atoms with E-state index in [0.717, 1.165) is 28.2 Å². The van der Waals surface area contributed by atoms with Gasteiger partial charge in [0.25, 0.3) is 5.91 Å². The van der Waals surface area contributed by atoms with Crippen molar-refractivity contribution in [3.63, 3.8) is 0 Å². The Morgan fingerprint density at radius 3 is 2.33 bits per heavy atom. The van der Waals surface area contributed by atoms with E-state index in [-0.39, 0.29) is 18.9 Å². The molecule has 0 bridgehead atoms. The minimum Gasteiger partial charge on any atom is -0.490 e. The number of halogens is 1. The third-order valence-electron chi connectivity index (χ3n) is 5.03. The molecule has 0 radical (unpaired) electrons. The van der Waals surface area contributed by atoms with Crippen molar-refractivity contribution < 1.29 is 19.1 Å². The molecule has 1 heterocycles. The molecule has 1 aromatic heterocycles. The number of aromatic nitrogens is 2. The Morgan fingerprint density at radius 1 is 1.00 bits per heavy atom. The van der Waals surface area contributed by atoms with Gasteiger partial charge < -0.3 is 9.47 Å². The van der Waals surface area contributed by atoms with E-state index in [4.69, 9.17) is 21.1 Å². The Labute approximate surface area is 197 Å². The SMILES string of the molecule is CCOc1ccccc1OCC(=O)NNC(=O)Cc1c(C)nn(-c2ccc(C)c(Cl)c2)c1C. The van der Waals surface area contributed by atoms with Gasteiger partial charge in [-0.3, -0.25) is 20.4 Å². The Bertz CT molecular complexity index is 1160. The highest BCUT2D eigenvalue weighted by Gasteiger charge is 2.17. The number of carbonyl (C=O) groups excluding carboxylic acids is 2. The molecule has 8 nitrogen and oxygen atoms in total. The van der Waals surface area contributed by atoms with Crippen molar-refractivity contribution in [1.29, 1.82) is 0 Å². The fourth-order valence-electron chi connectivity index (χ4n) is 3.26. The van der Waals surface area contributed by atoms with Gasteiger partial charge >= 0.3 is 0 Å². The quantitative estimate of drug-likeness (QED) is 0.490. The van der Waals surface area contributed by atoms with E-state index in [0.29, 0.717) is 23.1 Å². The molecule has 174 valence electrons. The lowest BCUT2D eigenvalue weighted by atomic mass is 10.1. The Balaban J connectivity index is 1.56. The Hall–Kier alpha value is -3.52. The summed E-state index contributed by atoms with van der Waals surface area (Å²) in [6.07, 6.45) is 0.0611. The highest BCUT2D eigenvalue weighted by atomic mass is 35.5. The van der Waals surface area contributed by atoms with Crippen LogP contribution in [0.5, 0.6) is 11.5 Å². The van der Waals surface area contributed by atoms with Crippen molar-refractivity contribution in [1.82, 2.24) is 20.6 Å². The smallest absolute Gasteiger partial charge is 0.276 e. The van der Waals surface area contributed by atoms with Crippen LogP contribution in [0, 0.1) is 20.8 Å². The van der Waals surface area contributed by atoms with Crippen LogP contribution in [0.4, 0.5) is 0 Å². The zero-order chi connectivity index (χ0) is 24.0. The highest BCUT2D eigenvalue weighted by Crippen LogP contribution is 2.26. The fraction of sp³-hybridized carbons (Fsp3) is 0.292. The second-order valence-corrected chi connectivity index (χ2v) is 7.84. The number of para-hydroxylation sites is 2. The molecular weight excluding hydrogens is 444 g/mol. The van der Waals surface area contributed by atoms with Gasteiger partial charge in [-0.2, -0.15) is 5.10 Å². The molecule has 0 atom stereocenters. The number of nitrogens with zero attached hydrogens (tertiary/aromatic N) is 2. The van der Waals surface area contributed by atoms with E-state index in [9.17, 15) is 9.59 Å². The Morgan fingerprint density at radius 2 is 1.67 bits per heavy atom. The predicted octanol–water partition coefficient (Wildman–Crippen LogP) is 3.62. The zero-order valence-electron chi connectivity index (χ0n) is 19.1. The van der Waals surface area contributed by atoms with Gasteiger partial charge in [-0.1, -0.05) is 29.8 Å². The lowest BCUT2D eigenvalue weighted by Gasteiger charge is -2.12. The van der Waals surface area contributed by atoms with E-state index in [2.05, 4.69) is 16.0 Å². The van der Waals surface area contributed by atoms with Crippen LogP contribution >= 0.6 is 11.6 Å². The Kier molecular flexibility index (Phi) is 7.95. The number of carbonyl (C=O) groups is 2. The molecule has 0 aliphatic rings. The number of hydrazine groups is 1. The molecule has 0 aliphatic heterocycles. The largest absolute Gasteiger partial charge is 0.490 e. The minimum atomic E-state index is -0.493. The van der Waals surface area contributed by atoms with Crippen LogP contribution in [-0.2, 0) is 16.0 Å². The second kappa shape index (κ2) is 10.9. The van der Waals surface area contributed by atoms with Crippen LogP contribution in [0.15, 0.2) is 42.5 Å². The van der Waals surface area contributed by atoms with E-state index in [1.54, 1.807) is 22.9 Å². The first-order valence-corrected chi connectivity index (χ1v) is 10.9. The molecule has 0 spiro atoms. The number of nitrogens with one attached hydrogen (secondary N) is 2. The van der Waals surface area contributed by atoms with Crippen LogP contribution in [-0.4, -0.2) is 34.8 Å². The number of hydrogen-bond donors (Lipinski definition) is 2. The van der Waals surface area contributed by atoms with Gasteiger partial charge in [0.1, 0.15) is 0 Å². The lowest BCUT2D eigenvalue weighted by Crippen LogP contribution is -2.44. The summed E-state index contributed by atoms with van der Waals surface area (Å²) in [6.45, 7) is 7.73. The summed E-state index contributed by atoms with van der Waals surface area (Å²) in [5.74, 6) is 0.143. The predicted molar refractivity (Wildman–Crippen MR) is 126 cm³/mol. The zero-order valence-corrected chi connectivity index (χ0v) is 19.8. The molecule has 0 saturated heterocycles. The van der Waals surface area contributed by atoms with Crippen molar-refractivity contribution >= 4 is 23.4 Å². The van der Waals surface area contributed by atoms with Crippen LogP contribution in [0.1, 0.15) is 29.4 Å². The molecular formula is C24H27ClN4O4. The molecule has 9 heteroatoms. The van der Waals surface area contributed by atoms with Crippen molar-refractivity contribution in [2.45, 2.75) is 34.1 Å². The molecule has 0 fully saturated rings. The summed E-state index contributed by atoms with van der Waals surface area (Å²) in [6, 6.07) is 12.8. The van der Waals surface area contributed by atoms with E-state index >= 15 is 0 Å². The maximum atomic E-state index is 12.4. The molecule has 33 heavy (non-hydrogen) atoms. The fourth-order valence-corrected chi connectivity index (χ4v) is 3.44. The third kappa shape index (κ3) is 6.04. The average molecular weight is 471 g/mol.